The second kappa shape index (κ2) is 5.18. The number of anilines is 1. The molecule has 21 heavy (non-hydrogen) atoms. The predicted octanol–water partition coefficient (Wildman–Crippen LogP) is 2.10. The van der Waals surface area contributed by atoms with Gasteiger partial charge >= 0.3 is 5.69 Å². The molecule has 1 aromatic rings. The average Bonchev–Trinajstić information content (AvgIpc) is 2.45. The van der Waals surface area contributed by atoms with E-state index in [0.29, 0.717) is 11.2 Å². The Morgan fingerprint density at radius 2 is 2.00 bits per heavy atom. The van der Waals surface area contributed by atoms with E-state index in [-0.39, 0.29) is 10.6 Å². The third-order valence-corrected chi connectivity index (χ3v) is 4.86. The van der Waals surface area contributed by atoms with Crippen LogP contribution in [-0.4, -0.2) is 38.2 Å². The van der Waals surface area contributed by atoms with Crippen molar-refractivity contribution < 1.29 is 9.66 Å². The molecule has 1 spiro atoms. The number of rotatable bonds is 3. The van der Waals surface area contributed by atoms with Crippen molar-refractivity contribution >= 4 is 11.4 Å². The van der Waals surface area contributed by atoms with Gasteiger partial charge in [-0.25, -0.2) is 0 Å². The highest BCUT2D eigenvalue weighted by atomic mass is 16.6. The van der Waals surface area contributed by atoms with Gasteiger partial charge in [-0.15, -0.1) is 0 Å². The summed E-state index contributed by atoms with van der Waals surface area (Å²) in [4.78, 5) is 13.0. The fourth-order valence-corrected chi connectivity index (χ4v) is 3.36. The van der Waals surface area contributed by atoms with E-state index in [0.717, 1.165) is 37.4 Å². The van der Waals surface area contributed by atoms with Gasteiger partial charge in [0.05, 0.1) is 12.0 Å². The summed E-state index contributed by atoms with van der Waals surface area (Å²) in [7, 11) is 1.48. The number of nitrogens with one attached hydrogen (secondary N) is 1. The molecular formula is C15H21N3O3. The van der Waals surface area contributed by atoms with Crippen LogP contribution in [-0.2, 0) is 0 Å². The average molecular weight is 291 g/mol. The summed E-state index contributed by atoms with van der Waals surface area (Å²) in [6, 6.07) is 3.42. The minimum absolute atomic E-state index is 0.0374. The Hall–Kier alpha value is -1.82. The first-order valence-corrected chi connectivity index (χ1v) is 7.33. The summed E-state index contributed by atoms with van der Waals surface area (Å²) < 4.78 is 5.19. The Morgan fingerprint density at radius 1 is 1.33 bits per heavy atom. The highest BCUT2D eigenvalue weighted by molar-refractivity contribution is 5.64. The van der Waals surface area contributed by atoms with E-state index in [9.17, 15) is 10.1 Å². The summed E-state index contributed by atoms with van der Waals surface area (Å²) in [6.07, 6.45) is 2.36. The molecule has 2 fully saturated rings. The number of nitro groups is 1. The Labute approximate surface area is 124 Å². The van der Waals surface area contributed by atoms with Crippen molar-refractivity contribution in [1.82, 2.24) is 5.32 Å². The van der Waals surface area contributed by atoms with E-state index in [1.165, 1.54) is 20.0 Å². The summed E-state index contributed by atoms with van der Waals surface area (Å²) in [6.45, 7) is 6.19. The Bertz CT molecular complexity index is 560. The van der Waals surface area contributed by atoms with Gasteiger partial charge in [-0.1, -0.05) is 0 Å². The quantitative estimate of drug-likeness (QED) is 0.682. The van der Waals surface area contributed by atoms with E-state index >= 15 is 0 Å². The number of hydrogen-bond acceptors (Lipinski definition) is 5. The van der Waals surface area contributed by atoms with Crippen molar-refractivity contribution in [2.24, 2.45) is 5.41 Å². The van der Waals surface area contributed by atoms with Crippen LogP contribution in [0.15, 0.2) is 12.1 Å². The molecule has 0 bridgehead atoms. The smallest absolute Gasteiger partial charge is 0.311 e. The summed E-state index contributed by atoms with van der Waals surface area (Å²) >= 11 is 0. The largest absolute Gasteiger partial charge is 0.490 e. The number of ether oxygens (including phenoxy) is 1. The van der Waals surface area contributed by atoms with Crippen LogP contribution >= 0.6 is 0 Å². The van der Waals surface area contributed by atoms with Crippen LogP contribution in [0.5, 0.6) is 5.75 Å². The third kappa shape index (κ3) is 2.44. The van der Waals surface area contributed by atoms with Crippen molar-refractivity contribution in [2.45, 2.75) is 19.8 Å². The van der Waals surface area contributed by atoms with E-state index in [2.05, 4.69) is 10.2 Å². The molecule has 0 unspecified atom stereocenters. The van der Waals surface area contributed by atoms with E-state index in [4.69, 9.17) is 4.74 Å². The number of benzene rings is 1. The van der Waals surface area contributed by atoms with Crippen LogP contribution in [0, 0.1) is 22.5 Å². The first-order valence-electron chi connectivity index (χ1n) is 7.33. The van der Waals surface area contributed by atoms with E-state index in [1.807, 2.05) is 13.0 Å². The van der Waals surface area contributed by atoms with E-state index < -0.39 is 0 Å². The summed E-state index contributed by atoms with van der Waals surface area (Å²) in [5.41, 5.74) is 2.52. The summed E-state index contributed by atoms with van der Waals surface area (Å²) in [5.74, 6) is 0.339. The van der Waals surface area contributed by atoms with Gasteiger partial charge in [0.1, 0.15) is 0 Å². The van der Waals surface area contributed by atoms with Crippen molar-refractivity contribution in [3.05, 3.63) is 27.8 Å². The van der Waals surface area contributed by atoms with Crippen LogP contribution in [0.3, 0.4) is 0 Å². The minimum atomic E-state index is -0.388. The lowest BCUT2D eigenvalue weighted by molar-refractivity contribution is -0.385. The van der Waals surface area contributed by atoms with Crippen molar-refractivity contribution in [2.75, 3.05) is 38.2 Å². The van der Waals surface area contributed by atoms with Gasteiger partial charge in [-0.2, -0.15) is 0 Å². The lowest BCUT2D eigenvalue weighted by atomic mass is 9.73. The molecule has 2 heterocycles. The van der Waals surface area contributed by atoms with Crippen LogP contribution < -0.4 is 15.0 Å². The monoisotopic (exact) mass is 291 g/mol. The molecule has 0 atom stereocenters. The first kappa shape index (κ1) is 14.1. The molecule has 114 valence electrons. The van der Waals surface area contributed by atoms with Crippen LogP contribution in [0.1, 0.15) is 18.4 Å². The SMILES string of the molecule is COc1cc(N2CCC3(CC2)CNC3)c(C)cc1[N+](=O)[O-]. The maximum absolute atomic E-state index is 11.1. The zero-order valence-electron chi connectivity index (χ0n) is 12.5. The van der Waals surface area contributed by atoms with Gasteiger partial charge in [0.15, 0.2) is 5.75 Å². The van der Waals surface area contributed by atoms with Gasteiger partial charge in [-0.05, 0) is 30.7 Å². The number of nitro benzene ring substituents is 1. The van der Waals surface area contributed by atoms with E-state index in [1.54, 1.807) is 6.07 Å². The topological polar surface area (TPSA) is 67.6 Å². The molecule has 1 N–H and O–H groups in total. The van der Waals surface area contributed by atoms with Crippen molar-refractivity contribution in [3.8, 4) is 5.75 Å². The normalized spacial score (nSPS) is 20.2. The minimum Gasteiger partial charge on any atom is -0.490 e. The molecule has 2 aliphatic rings. The molecule has 1 aromatic carbocycles. The predicted molar refractivity (Wildman–Crippen MR) is 81.1 cm³/mol. The maximum atomic E-state index is 11.1. The number of methoxy groups -OCH3 is 1. The Balaban J connectivity index is 1.83. The molecule has 6 nitrogen and oxygen atoms in total. The third-order valence-electron chi connectivity index (χ3n) is 4.86. The molecule has 0 aliphatic carbocycles. The number of aryl methyl sites for hydroxylation is 1. The Morgan fingerprint density at radius 3 is 2.48 bits per heavy atom. The highest BCUT2D eigenvalue weighted by Gasteiger charge is 2.40. The molecular weight excluding hydrogens is 270 g/mol. The van der Waals surface area contributed by atoms with Crippen LogP contribution in [0.2, 0.25) is 0 Å². The molecule has 0 aromatic heterocycles. The molecule has 6 heteroatoms. The standard InChI is InChI=1S/C15H21N3O3/c1-11-7-13(18(19)20)14(21-2)8-12(11)17-5-3-15(4-6-17)9-16-10-15/h7-8,16H,3-6,9-10H2,1-2H3. The molecule has 0 saturated carbocycles. The van der Waals surface area contributed by atoms with Gasteiger partial charge in [0.25, 0.3) is 0 Å². The number of hydrogen-bond donors (Lipinski definition) is 1. The van der Waals surface area contributed by atoms with Gasteiger partial charge < -0.3 is 15.0 Å². The number of piperidine rings is 1. The van der Waals surface area contributed by atoms with Gasteiger partial charge in [-0.3, -0.25) is 10.1 Å². The lowest BCUT2D eigenvalue weighted by Crippen LogP contribution is -2.58. The Kier molecular flexibility index (Phi) is 3.49. The lowest BCUT2D eigenvalue weighted by Gasteiger charge is -2.49. The zero-order valence-corrected chi connectivity index (χ0v) is 12.5. The zero-order chi connectivity index (χ0) is 15.0. The highest BCUT2D eigenvalue weighted by Crippen LogP contribution is 2.40. The molecule has 0 radical (unpaired) electrons. The molecule has 2 aliphatic heterocycles. The van der Waals surface area contributed by atoms with Crippen LogP contribution in [0.25, 0.3) is 0 Å². The van der Waals surface area contributed by atoms with Gasteiger partial charge in [0.2, 0.25) is 0 Å². The second-order valence-electron chi connectivity index (χ2n) is 6.16. The second-order valence-corrected chi connectivity index (χ2v) is 6.16. The van der Waals surface area contributed by atoms with Crippen molar-refractivity contribution in [1.29, 1.82) is 0 Å². The van der Waals surface area contributed by atoms with Gasteiger partial charge in [0, 0.05) is 44.0 Å². The maximum Gasteiger partial charge on any atom is 0.311 e. The molecule has 3 rings (SSSR count). The summed E-state index contributed by atoms with van der Waals surface area (Å²) in [5, 5.41) is 14.4. The molecule has 0 amide bonds. The van der Waals surface area contributed by atoms with Crippen LogP contribution in [0.4, 0.5) is 11.4 Å². The fraction of sp³-hybridized carbons (Fsp3) is 0.600. The first-order chi connectivity index (χ1) is 10.0. The fourth-order valence-electron chi connectivity index (χ4n) is 3.36. The molecule has 2 saturated heterocycles. The number of nitrogens with zero attached hydrogens (tertiary/aromatic N) is 2. The van der Waals surface area contributed by atoms with Crippen molar-refractivity contribution in [3.63, 3.8) is 0 Å².